The van der Waals surface area contributed by atoms with Gasteiger partial charge in [-0.2, -0.15) is 0 Å². The minimum absolute atomic E-state index is 0.528. The molecule has 1 aromatic rings. The van der Waals surface area contributed by atoms with Gasteiger partial charge in [0.2, 0.25) is 0 Å². The van der Waals surface area contributed by atoms with E-state index < -0.39 is 0 Å². The van der Waals surface area contributed by atoms with Crippen LogP contribution < -0.4 is 10.1 Å². The average Bonchev–Trinajstić information content (AvgIpc) is 3.04. The summed E-state index contributed by atoms with van der Waals surface area (Å²) < 4.78 is 5.75. The number of nitrogens with one attached hydrogen (secondary N) is 1. The Bertz CT molecular complexity index is 451. The summed E-state index contributed by atoms with van der Waals surface area (Å²) in [7, 11) is 0. The van der Waals surface area contributed by atoms with E-state index in [1.165, 1.54) is 56.1 Å². The third kappa shape index (κ3) is 3.79. The summed E-state index contributed by atoms with van der Waals surface area (Å²) in [5.74, 6) is 2.03. The predicted octanol–water partition coefficient (Wildman–Crippen LogP) is 4.63. The number of hydrogen-bond donors (Lipinski definition) is 1. The van der Waals surface area contributed by atoms with Gasteiger partial charge >= 0.3 is 0 Å². The van der Waals surface area contributed by atoms with Gasteiger partial charge in [-0.05, 0) is 55.3 Å². The lowest BCUT2D eigenvalue weighted by Crippen LogP contribution is -2.24. The third-order valence-corrected chi connectivity index (χ3v) is 5.02. The zero-order valence-corrected chi connectivity index (χ0v) is 13.4. The maximum Gasteiger partial charge on any atom is 0.122 e. The molecule has 1 heterocycles. The average molecular weight is 287 g/mol. The first kappa shape index (κ1) is 14.9. The highest BCUT2D eigenvalue weighted by Crippen LogP contribution is 2.35. The number of aryl methyl sites for hydroxylation is 1. The monoisotopic (exact) mass is 287 g/mol. The molecule has 0 saturated heterocycles. The number of rotatable bonds is 6. The quantitative estimate of drug-likeness (QED) is 0.823. The molecule has 0 aromatic heterocycles. The molecule has 1 aliphatic heterocycles. The molecule has 2 nitrogen and oxygen atoms in total. The Hall–Kier alpha value is -1.02. The Kier molecular flexibility index (Phi) is 5.18. The van der Waals surface area contributed by atoms with Crippen molar-refractivity contribution in [3.05, 3.63) is 29.3 Å². The molecule has 0 spiro atoms. The van der Waals surface area contributed by atoms with E-state index in [2.05, 4.69) is 30.4 Å². The molecule has 1 aliphatic carbocycles. The Morgan fingerprint density at radius 1 is 1.24 bits per heavy atom. The fourth-order valence-corrected chi connectivity index (χ4v) is 3.83. The number of benzene rings is 1. The van der Waals surface area contributed by atoms with Gasteiger partial charge < -0.3 is 10.1 Å². The molecule has 0 bridgehead atoms. The summed E-state index contributed by atoms with van der Waals surface area (Å²) in [4.78, 5) is 0. The summed E-state index contributed by atoms with van der Waals surface area (Å²) in [5.41, 5.74) is 2.88. The van der Waals surface area contributed by atoms with Crippen molar-refractivity contribution in [1.29, 1.82) is 0 Å². The first-order valence-electron chi connectivity index (χ1n) is 8.86. The SMILES string of the molecule is CCCNC(CC1CCCC1)c1ccc2c(c1)CCCO2. The molecule has 2 aliphatic rings. The normalized spacial score (nSPS) is 20.0. The lowest BCUT2D eigenvalue weighted by Gasteiger charge is -2.25. The Morgan fingerprint density at radius 2 is 2.10 bits per heavy atom. The Morgan fingerprint density at radius 3 is 2.90 bits per heavy atom. The fourth-order valence-electron chi connectivity index (χ4n) is 3.83. The van der Waals surface area contributed by atoms with Crippen LogP contribution in [0.1, 0.15) is 69.0 Å². The van der Waals surface area contributed by atoms with E-state index in [0.29, 0.717) is 6.04 Å². The van der Waals surface area contributed by atoms with Crippen molar-refractivity contribution in [2.75, 3.05) is 13.2 Å². The van der Waals surface area contributed by atoms with Crippen molar-refractivity contribution in [1.82, 2.24) is 5.32 Å². The van der Waals surface area contributed by atoms with Gasteiger partial charge in [0.15, 0.2) is 0 Å². The molecule has 0 radical (unpaired) electrons. The molecule has 2 heteroatoms. The van der Waals surface area contributed by atoms with E-state index in [4.69, 9.17) is 4.74 Å². The topological polar surface area (TPSA) is 21.3 Å². The summed E-state index contributed by atoms with van der Waals surface area (Å²) in [6, 6.07) is 7.41. The van der Waals surface area contributed by atoms with E-state index in [-0.39, 0.29) is 0 Å². The van der Waals surface area contributed by atoms with Crippen molar-refractivity contribution in [3.63, 3.8) is 0 Å². The van der Waals surface area contributed by atoms with Crippen molar-refractivity contribution in [3.8, 4) is 5.75 Å². The molecule has 21 heavy (non-hydrogen) atoms. The van der Waals surface area contributed by atoms with Gasteiger partial charge in [0.1, 0.15) is 5.75 Å². The van der Waals surface area contributed by atoms with Crippen LogP contribution >= 0.6 is 0 Å². The number of fused-ring (bicyclic) bond motifs is 1. The van der Waals surface area contributed by atoms with Gasteiger partial charge in [0.25, 0.3) is 0 Å². The predicted molar refractivity (Wildman–Crippen MR) is 87.9 cm³/mol. The molecule has 1 saturated carbocycles. The minimum Gasteiger partial charge on any atom is -0.493 e. The van der Waals surface area contributed by atoms with E-state index in [1.807, 2.05) is 0 Å². The molecular weight excluding hydrogens is 258 g/mol. The Balaban J connectivity index is 1.74. The molecule has 116 valence electrons. The third-order valence-electron chi connectivity index (χ3n) is 5.02. The maximum absolute atomic E-state index is 5.75. The highest BCUT2D eigenvalue weighted by molar-refractivity contribution is 5.39. The van der Waals surface area contributed by atoms with Gasteiger partial charge in [-0.3, -0.25) is 0 Å². The van der Waals surface area contributed by atoms with Crippen molar-refractivity contribution >= 4 is 0 Å². The number of hydrogen-bond acceptors (Lipinski definition) is 2. The smallest absolute Gasteiger partial charge is 0.122 e. The van der Waals surface area contributed by atoms with Gasteiger partial charge in [0, 0.05) is 6.04 Å². The number of ether oxygens (including phenoxy) is 1. The van der Waals surface area contributed by atoms with E-state index in [1.54, 1.807) is 0 Å². The van der Waals surface area contributed by atoms with Gasteiger partial charge in [-0.1, -0.05) is 44.7 Å². The molecule has 1 aromatic carbocycles. The van der Waals surface area contributed by atoms with Crippen molar-refractivity contribution in [2.45, 2.75) is 64.3 Å². The van der Waals surface area contributed by atoms with Crippen molar-refractivity contribution in [2.24, 2.45) is 5.92 Å². The lowest BCUT2D eigenvalue weighted by molar-refractivity contribution is 0.288. The van der Waals surface area contributed by atoms with Crippen LogP contribution in [0.15, 0.2) is 18.2 Å². The second-order valence-electron chi connectivity index (χ2n) is 6.71. The summed E-state index contributed by atoms with van der Waals surface area (Å²) in [6.07, 6.45) is 10.6. The fraction of sp³-hybridized carbons (Fsp3) is 0.684. The van der Waals surface area contributed by atoms with Crippen molar-refractivity contribution < 1.29 is 4.74 Å². The molecule has 3 rings (SSSR count). The van der Waals surface area contributed by atoms with Crippen LogP contribution in [0.3, 0.4) is 0 Å². The van der Waals surface area contributed by atoms with Gasteiger partial charge in [-0.25, -0.2) is 0 Å². The molecule has 1 atom stereocenters. The lowest BCUT2D eigenvalue weighted by atomic mass is 9.91. The van der Waals surface area contributed by atoms with Gasteiger partial charge in [0.05, 0.1) is 6.61 Å². The molecule has 1 fully saturated rings. The van der Waals surface area contributed by atoms with Crippen LogP contribution in [0.2, 0.25) is 0 Å². The standard InChI is InChI=1S/C19H29NO/c1-2-11-20-18(13-15-6-3-4-7-15)16-9-10-19-17(14-16)8-5-12-21-19/h9-10,14-15,18,20H,2-8,11-13H2,1H3. The summed E-state index contributed by atoms with van der Waals surface area (Å²) in [6.45, 7) is 4.25. The van der Waals surface area contributed by atoms with Crippen LogP contribution in [0.5, 0.6) is 5.75 Å². The van der Waals surface area contributed by atoms with E-state index >= 15 is 0 Å². The van der Waals surface area contributed by atoms with Crippen LogP contribution in [-0.2, 0) is 6.42 Å². The Labute approximate surface area is 129 Å². The highest BCUT2D eigenvalue weighted by atomic mass is 16.5. The highest BCUT2D eigenvalue weighted by Gasteiger charge is 2.22. The largest absolute Gasteiger partial charge is 0.493 e. The minimum atomic E-state index is 0.528. The zero-order chi connectivity index (χ0) is 14.5. The first-order chi connectivity index (χ1) is 10.4. The van der Waals surface area contributed by atoms with Crippen LogP contribution in [0, 0.1) is 5.92 Å². The first-order valence-corrected chi connectivity index (χ1v) is 8.86. The second kappa shape index (κ2) is 7.31. The van der Waals surface area contributed by atoms with Gasteiger partial charge in [-0.15, -0.1) is 0 Å². The van der Waals surface area contributed by atoms with E-state index in [0.717, 1.165) is 31.2 Å². The second-order valence-corrected chi connectivity index (χ2v) is 6.71. The van der Waals surface area contributed by atoms with E-state index in [9.17, 15) is 0 Å². The molecule has 1 N–H and O–H groups in total. The van der Waals surface area contributed by atoms with Crippen LogP contribution in [-0.4, -0.2) is 13.2 Å². The maximum atomic E-state index is 5.75. The molecular formula is C19H29NO. The molecule has 1 unspecified atom stereocenters. The molecule has 0 amide bonds. The van der Waals surface area contributed by atoms with Crippen LogP contribution in [0.4, 0.5) is 0 Å². The zero-order valence-electron chi connectivity index (χ0n) is 13.4. The summed E-state index contributed by atoms with van der Waals surface area (Å²) >= 11 is 0. The summed E-state index contributed by atoms with van der Waals surface area (Å²) in [5, 5.41) is 3.78. The van der Waals surface area contributed by atoms with Crippen LogP contribution in [0.25, 0.3) is 0 Å².